The fourth-order valence-corrected chi connectivity index (χ4v) is 0. The minimum atomic E-state index is 0. The van der Waals surface area contributed by atoms with Crippen LogP contribution >= 0.6 is 0 Å². The van der Waals surface area contributed by atoms with E-state index in [4.69, 9.17) is 0 Å². The van der Waals surface area contributed by atoms with Gasteiger partial charge >= 0.3 is 0 Å². The van der Waals surface area contributed by atoms with Crippen molar-refractivity contribution in [2.45, 2.75) is 0 Å². The number of rotatable bonds is 0. The Bertz CT molecular complexity index is 8.81. The molecule has 0 aromatic carbocycles. The monoisotopic (exact) mass is 878 g/mol. The first kappa shape index (κ1) is 86.9. The molecular weight excluding hydrogens is 878 g/mol. The Kier molecular flexibility index (Phi) is 626. The fraction of sp³-hybridized carbons (Fsp3) is 0. The molecule has 0 amide bonds. The minimum absolute atomic E-state index is 0. The van der Waals surface area contributed by atoms with Crippen molar-refractivity contribution in [3.63, 3.8) is 0 Å². The normalized spacial score (nSPS) is 0. The molecule has 43 valence electrons. The van der Waals surface area contributed by atoms with E-state index in [-0.39, 0.29) is 219 Å². The van der Waals surface area contributed by atoms with Gasteiger partial charge in [-0.1, -0.05) is 0 Å². The molecule has 0 N–H and O–H groups in total. The first-order chi connectivity index (χ1) is 0. The molecule has 0 spiro atoms. The number of hydrogen-bond acceptors (Lipinski definition) is 0. The van der Waals surface area contributed by atoms with Gasteiger partial charge in [0.1, 0.15) is 0 Å². The number of hydrogen-bond donors (Lipinski definition) is 0. The van der Waals surface area contributed by atoms with Gasteiger partial charge in [0, 0.05) is 219 Å². The minimum Gasteiger partial charge on any atom is 0 e. The zero-order chi connectivity index (χ0) is 0. The quantitative estimate of drug-likeness (QED) is 0.301. The van der Waals surface area contributed by atoms with Crippen LogP contribution in [0.3, 0.4) is 0 Å². The molecule has 0 rings (SSSR count). The van der Waals surface area contributed by atoms with Gasteiger partial charge in [-0.3, -0.25) is 0 Å². The van der Waals surface area contributed by atoms with Crippen LogP contribution in [0, 0.1) is 0 Å². The van der Waals surface area contributed by atoms with Crippen molar-refractivity contribution in [1.29, 1.82) is 0 Å². The zero-order valence-corrected chi connectivity index (χ0v) is 25.4. The van der Waals surface area contributed by atoms with E-state index >= 15 is 0 Å². The molecule has 0 aliphatic heterocycles. The molecule has 0 fully saturated rings. The summed E-state index contributed by atoms with van der Waals surface area (Å²) in [4.78, 5) is 0. The van der Waals surface area contributed by atoms with Crippen LogP contribution in [0.4, 0.5) is 0 Å². The summed E-state index contributed by atoms with van der Waals surface area (Å²) in [5, 5.41) is 0. The van der Waals surface area contributed by atoms with Crippen molar-refractivity contribution in [3.8, 4) is 0 Å². The average Bonchev–Trinajstić information content (AvgIpc) is 0. The Hall–Kier alpha value is 7.22. The molecule has 0 nitrogen and oxygen atoms in total. The second-order valence-electron chi connectivity index (χ2n) is 0. The molecule has 3 radical (unpaired) electrons. The molecular formula is Ta3Ti7. The first-order valence-corrected chi connectivity index (χ1v) is 0. The van der Waals surface area contributed by atoms with Gasteiger partial charge in [0.05, 0.1) is 0 Å². The van der Waals surface area contributed by atoms with E-state index in [1.165, 1.54) is 0 Å². The SMILES string of the molecule is [Ta].[Ta].[Ta].[Ti].[Ti].[Ti].[Ti].[Ti].[Ti].[Ti]. The second-order valence-corrected chi connectivity index (χ2v) is 0. The van der Waals surface area contributed by atoms with Crippen molar-refractivity contribution in [2.24, 2.45) is 0 Å². The van der Waals surface area contributed by atoms with Crippen molar-refractivity contribution < 1.29 is 219 Å². The van der Waals surface area contributed by atoms with E-state index in [9.17, 15) is 0 Å². The molecule has 10 heavy (non-hydrogen) atoms. The molecule has 0 saturated carbocycles. The summed E-state index contributed by atoms with van der Waals surface area (Å²) in [6.07, 6.45) is 0. The van der Waals surface area contributed by atoms with Crippen LogP contribution in [0.1, 0.15) is 0 Å². The third-order valence-corrected chi connectivity index (χ3v) is 0. The summed E-state index contributed by atoms with van der Waals surface area (Å²) in [6, 6.07) is 0. The van der Waals surface area contributed by atoms with Gasteiger partial charge in [-0.25, -0.2) is 0 Å². The van der Waals surface area contributed by atoms with E-state index in [0.717, 1.165) is 0 Å². The zero-order valence-electron chi connectivity index (χ0n) is 4.84. The maximum absolute atomic E-state index is 0. The van der Waals surface area contributed by atoms with Crippen LogP contribution in [0.15, 0.2) is 0 Å². The van der Waals surface area contributed by atoms with Gasteiger partial charge < -0.3 is 0 Å². The predicted octanol–water partition coefficient (Wildman–Crippen LogP) is -0.0250. The van der Waals surface area contributed by atoms with Gasteiger partial charge in [-0.05, 0) is 0 Å². The van der Waals surface area contributed by atoms with Crippen LogP contribution in [-0.2, 0) is 219 Å². The predicted molar refractivity (Wildman–Crippen MR) is 0 cm³/mol. The average molecular weight is 878 g/mol. The van der Waals surface area contributed by atoms with Crippen LogP contribution < -0.4 is 0 Å². The van der Waals surface area contributed by atoms with Crippen LogP contribution in [0.5, 0.6) is 0 Å². The third-order valence-electron chi connectivity index (χ3n) is 0. The Balaban J connectivity index is 0. The second kappa shape index (κ2) is 72.1. The Morgan fingerprint density at radius 2 is 0.200 bits per heavy atom. The topological polar surface area (TPSA) is 0 Å². The summed E-state index contributed by atoms with van der Waals surface area (Å²) < 4.78 is 0. The molecule has 10 heteroatoms. The van der Waals surface area contributed by atoms with Gasteiger partial charge in [0.2, 0.25) is 0 Å². The Morgan fingerprint density at radius 1 is 0.200 bits per heavy atom. The maximum atomic E-state index is 0. The molecule has 0 unspecified atom stereocenters. The van der Waals surface area contributed by atoms with E-state index in [0.29, 0.717) is 0 Å². The van der Waals surface area contributed by atoms with Gasteiger partial charge in [0.15, 0.2) is 0 Å². The smallest absolute Gasteiger partial charge is 0 e. The standard InChI is InChI=1S/3Ta.7Ti. The van der Waals surface area contributed by atoms with Crippen molar-refractivity contribution in [3.05, 3.63) is 0 Å². The Morgan fingerprint density at radius 3 is 0.200 bits per heavy atom. The van der Waals surface area contributed by atoms with Crippen LogP contribution in [0.25, 0.3) is 0 Å². The molecule has 0 saturated heterocycles. The van der Waals surface area contributed by atoms with E-state index in [2.05, 4.69) is 0 Å². The molecule has 0 aliphatic carbocycles. The first-order valence-electron chi connectivity index (χ1n) is 0. The molecule has 0 atom stereocenters. The van der Waals surface area contributed by atoms with E-state index in [1.807, 2.05) is 0 Å². The summed E-state index contributed by atoms with van der Waals surface area (Å²) in [6.45, 7) is 0. The largest absolute Gasteiger partial charge is 0 e. The molecule has 0 aromatic rings. The van der Waals surface area contributed by atoms with E-state index < -0.39 is 0 Å². The van der Waals surface area contributed by atoms with Crippen LogP contribution in [0.2, 0.25) is 0 Å². The summed E-state index contributed by atoms with van der Waals surface area (Å²) in [5.41, 5.74) is 0. The summed E-state index contributed by atoms with van der Waals surface area (Å²) >= 11 is 0. The summed E-state index contributed by atoms with van der Waals surface area (Å²) in [7, 11) is 0. The van der Waals surface area contributed by atoms with Crippen molar-refractivity contribution >= 4 is 0 Å². The van der Waals surface area contributed by atoms with Gasteiger partial charge in [-0.2, -0.15) is 0 Å². The van der Waals surface area contributed by atoms with Crippen molar-refractivity contribution in [1.82, 2.24) is 0 Å². The van der Waals surface area contributed by atoms with E-state index in [1.54, 1.807) is 0 Å². The fourth-order valence-electron chi connectivity index (χ4n) is 0. The molecule has 0 aromatic heterocycles. The maximum Gasteiger partial charge on any atom is 0 e. The molecule has 0 heterocycles. The third kappa shape index (κ3) is 59.0. The Labute approximate surface area is 213 Å². The van der Waals surface area contributed by atoms with Gasteiger partial charge in [-0.15, -0.1) is 0 Å². The van der Waals surface area contributed by atoms with Crippen molar-refractivity contribution in [2.75, 3.05) is 0 Å². The molecule has 0 aliphatic rings. The van der Waals surface area contributed by atoms with Crippen LogP contribution in [-0.4, -0.2) is 0 Å². The van der Waals surface area contributed by atoms with Gasteiger partial charge in [0.25, 0.3) is 0 Å². The molecule has 0 bridgehead atoms. The summed E-state index contributed by atoms with van der Waals surface area (Å²) in [5.74, 6) is 0.